The van der Waals surface area contributed by atoms with Crippen LogP contribution in [0, 0.1) is 0 Å². The Kier molecular flexibility index (Phi) is 4.62. The van der Waals surface area contributed by atoms with Crippen molar-refractivity contribution in [2.75, 3.05) is 6.61 Å². The highest BCUT2D eigenvalue weighted by molar-refractivity contribution is 6.17. The summed E-state index contributed by atoms with van der Waals surface area (Å²) < 4.78 is 29.9. The first-order valence-corrected chi connectivity index (χ1v) is 5.32. The maximum atomic E-state index is 12.6. The highest BCUT2D eigenvalue weighted by atomic mass is 35.5. The number of ether oxygens (including phenoxy) is 1. The molecule has 0 fully saturated rings. The van der Waals surface area contributed by atoms with Crippen LogP contribution < -0.4 is 5.56 Å². The molecule has 0 aliphatic carbocycles. The summed E-state index contributed by atoms with van der Waals surface area (Å²) in [6.45, 7) is 1.60. The van der Waals surface area contributed by atoms with Crippen LogP contribution in [0.4, 0.5) is 8.78 Å². The molecule has 1 N–H and O–H groups in total. The van der Waals surface area contributed by atoms with E-state index in [1.807, 2.05) is 0 Å². The summed E-state index contributed by atoms with van der Waals surface area (Å²) in [6, 6.07) is 0.819. The number of nitrogens with one attached hydrogen (secondary N) is 1. The number of aromatic nitrogens is 1. The normalized spacial score (nSPS) is 10.6. The van der Waals surface area contributed by atoms with Gasteiger partial charge in [0.1, 0.15) is 5.56 Å². The summed E-state index contributed by atoms with van der Waals surface area (Å²) >= 11 is 5.42. The lowest BCUT2D eigenvalue weighted by molar-refractivity contribution is 0.0523. The van der Waals surface area contributed by atoms with Crippen molar-refractivity contribution in [3.05, 3.63) is 33.2 Å². The number of aromatic amines is 1. The Balaban J connectivity index is 3.29. The van der Waals surface area contributed by atoms with Gasteiger partial charge in [-0.3, -0.25) is 4.79 Å². The van der Waals surface area contributed by atoms with E-state index in [-0.39, 0.29) is 18.2 Å². The van der Waals surface area contributed by atoms with E-state index in [0.717, 1.165) is 6.07 Å². The first-order chi connectivity index (χ1) is 8.01. The fourth-order valence-electron chi connectivity index (χ4n) is 1.25. The number of halogens is 3. The Morgan fingerprint density at radius 2 is 2.24 bits per heavy atom. The van der Waals surface area contributed by atoms with Gasteiger partial charge in [-0.25, -0.2) is 13.6 Å². The topological polar surface area (TPSA) is 59.2 Å². The molecule has 0 saturated heterocycles. The lowest BCUT2D eigenvalue weighted by Gasteiger charge is -2.08. The van der Waals surface area contributed by atoms with Crippen molar-refractivity contribution in [2.24, 2.45) is 0 Å². The summed E-state index contributed by atoms with van der Waals surface area (Å²) in [7, 11) is 0. The largest absolute Gasteiger partial charge is 0.462 e. The van der Waals surface area contributed by atoms with Crippen molar-refractivity contribution in [1.29, 1.82) is 0 Å². The van der Waals surface area contributed by atoms with Gasteiger partial charge in [-0.1, -0.05) is 0 Å². The summed E-state index contributed by atoms with van der Waals surface area (Å²) in [5.74, 6) is -1.20. The third-order valence-corrected chi connectivity index (χ3v) is 2.29. The van der Waals surface area contributed by atoms with Gasteiger partial charge in [-0.05, 0) is 13.0 Å². The molecule has 7 heteroatoms. The van der Waals surface area contributed by atoms with E-state index in [9.17, 15) is 18.4 Å². The van der Waals surface area contributed by atoms with Crippen LogP contribution in [0.5, 0.6) is 0 Å². The summed E-state index contributed by atoms with van der Waals surface area (Å²) in [5.41, 5.74) is -1.80. The molecular formula is C10H10ClF2NO3. The third-order valence-electron chi connectivity index (χ3n) is 2.02. The lowest BCUT2D eigenvalue weighted by atomic mass is 10.1. The molecule has 0 aliphatic rings. The summed E-state index contributed by atoms with van der Waals surface area (Å²) in [4.78, 5) is 24.9. The van der Waals surface area contributed by atoms with Gasteiger partial charge in [-0.2, -0.15) is 0 Å². The summed E-state index contributed by atoms with van der Waals surface area (Å²) in [5, 5.41) is 0. The Bertz CT molecular complexity index is 473. The van der Waals surface area contributed by atoms with Gasteiger partial charge in [-0.15, -0.1) is 11.6 Å². The van der Waals surface area contributed by atoms with Crippen molar-refractivity contribution >= 4 is 17.6 Å². The zero-order valence-corrected chi connectivity index (χ0v) is 9.68. The molecule has 0 atom stereocenters. The van der Waals surface area contributed by atoms with Gasteiger partial charge < -0.3 is 9.72 Å². The van der Waals surface area contributed by atoms with E-state index in [0.29, 0.717) is 0 Å². The zero-order chi connectivity index (χ0) is 13.0. The van der Waals surface area contributed by atoms with Gasteiger partial charge in [0, 0.05) is 11.3 Å². The van der Waals surface area contributed by atoms with Crippen molar-refractivity contribution < 1.29 is 18.3 Å². The van der Waals surface area contributed by atoms with Crippen molar-refractivity contribution in [2.45, 2.75) is 19.2 Å². The highest BCUT2D eigenvalue weighted by Gasteiger charge is 2.20. The van der Waals surface area contributed by atoms with Gasteiger partial charge in [0.25, 0.3) is 12.0 Å². The van der Waals surface area contributed by atoms with Crippen LogP contribution >= 0.6 is 11.6 Å². The predicted molar refractivity (Wildman–Crippen MR) is 57.5 cm³/mol. The minimum Gasteiger partial charge on any atom is -0.462 e. The van der Waals surface area contributed by atoms with E-state index in [1.165, 1.54) is 0 Å². The number of H-pyrrole nitrogens is 1. The Hall–Kier alpha value is -1.43. The van der Waals surface area contributed by atoms with Crippen LogP contribution in [0.1, 0.15) is 35.0 Å². The van der Waals surface area contributed by atoms with E-state index >= 15 is 0 Å². The molecule has 1 heterocycles. The second kappa shape index (κ2) is 5.77. The van der Waals surface area contributed by atoms with E-state index < -0.39 is 29.1 Å². The number of hydrogen-bond donors (Lipinski definition) is 1. The second-order valence-electron chi connectivity index (χ2n) is 3.10. The number of alkyl halides is 3. The zero-order valence-electron chi connectivity index (χ0n) is 8.93. The molecule has 94 valence electrons. The van der Waals surface area contributed by atoms with E-state index in [1.54, 1.807) is 6.92 Å². The lowest BCUT2D eigenvalue weighted by Crippen LogP contribution is -2.22. The minimum absolute atomic E-state index is 0.0551. The fourth-order valence-corrected chi connectivity index (χ4v) is 1.47. The smallest absolute Gasteiger partial charge is 0.343 e. The second-order valence-corrected chi connectivity index (χ2v) is 3.37. The predicted octanol–water partition coefficient (Wildman–Crippen LogP) is 2.23. The fraction of sp³-hybridized carbons (Fsp3) is 0.400. The molecular weight excluding hydrogens is 256 g/mol. The molecule has 0 saturated carbocycles. The first-order valence-electron chi connectivity index (χ1n) is 4.78. The maximum Gasteiger partial charge on any atom is 0.343 e. The van der Waals surface area contributed by atoms with Crippen LogP contribution in [0.2, 0.25) is 0 Å². The molecule has 1 aromatic heterocycles. The average molecular weight is 266 g/mol. The highest BCUT2D eigenvalue weighted by Crippen LogP contribution is 2.22. The minimum atomic E-state index is -2.83. The molecule has 0 radical (unpaired) electrons. The number of carbonyl (C=O) groups is 1. The SMILES string of the molecule is CCOC(=O)c1cc(C(F)F)c(CCl)[nH]c1=O. The van der Waals surface area contributed by atoms with Gasteiger partial charge >= 0.3 is 5.97 Å². The number of pyridine rings is 1. The van der Waals surface area contributed by atoms with Gasteiger partial charge in [0.15, 0.2) is 0 Å². The van der Waals surface area contributed by atoms with Crippen LogP contribution in [0.25, 0.3) is 0 Å². The van der Waals surface area contributed by atoms with Crippen LogP contribution in [0.3, 0.4) is 0 Å². The quantitative estimate of drug-likeness (QED) is 0.671. The molecule has 0 aromatic carbocycles. The number of rotatable bonds is 4. The Labute approximate surface area is 101 Å². The maximum absolute atomic E-state index is 12.6. The van der Waals surface area contributed by atoms with Crippen molar-refractivity contribution in [3.8, 4) is 0 Å². The third kappa shape index (κ3) is 3.03. The first kappa shape index (κ1) is 13.6. The Morgan fingerprint density at radius 3 is 2.71 bits per heavy atom. The van der Waals surface area contributed by atoms with E-state index in [4.69, 9.17) is 11.6 Å². The monoisotopic (exact) mass is 265 g/mol. The molecule has 1 aromatic rings. The van der Waals surface area contributed by atoms with Gasteiger partial charge in [0.2, 0.25) is 0 Å². The molecule has 0 unspecified atom stereocenters. The van der Waals surface area contributed by atoms with Crippen LogP contribution in [-0.4, -0.2) is 17.6 Å². The molecule has 0 bridgehead atoms. The average Bonchev–Trinajstić information content (AvgIpc) is 2.28. The van der Waals surface area contributed by atoms with E-state index in [2.05, 4.69) is 9.72 Å². The molecule has 0 spiro atoms. The van der Waals surface area contributed by atoms with Crippen LogP contribution in [0.15, 0.2) is 10.9 Å². The Morgan fingerprint density at radius 1 is 1.59 bits per heavy atom. The van der Waals surface area contributed by atoms with Crippen LogP contribution in [-0.2, 0) is 10.6 Å². The van der Waals surface area contributed by atoms with Crippen molar-refractivity contribution in [1.82, 2.24) is 4.98 Å². The molecule has 4 nitrogen and oxygen atoms in total. The molecule has 0 amide bonds. The summed E-state index contributed by atoms with van der Waals surface area (Å²) in [6.07, 6.45) is -2.83. The van der Waals surface area contributed by atoms with Gasteiger partial charge in [0.05, 0.1) is 12.5 Å². The molecule has 0 aliphatic heterocycles. The number of hydrogen-bond acceptors (Lipinski definition) is 3. The number of carbonyl (C=O) groups excluding carboxylic acids is 1. The number of esters is 1. The van der Waals surface area contributed by atoms with Crippen molar-refractivity contribution in [3.63, 3.8) is 0 Å². The molecule has 1 rings (SSSR count). The standard InChI is InChI=1S/C10H10ClF2NO3/c1-2-17-10(16)6-3-5(8(12)13)7(4-11)14-9(6)15/h3,8H,2,4H2,1H3,(H,14,15). The molecule has 17 heavy (non-hydrogen) atoms.